The normalized spacial score (nSPS) is 11.7. The van der Waals surface area contributed by atoms with Crippen LogP contribution >= 0.6 is 11.3 Å². The van der Waals surface area contributed by atoms with Gasteiger partial charge in [0.15, 0.2) is 17.5 Å². The zero-order valence-corrected chi connectivity index (χ0v) is 27.0. The Labute approximate surface area is 286 Å². The molecule has 0 radical (unpaired) electrons. The maximum absolute atomic E-state index is 5.15. The third kappa shape index (κ3) is 4.66. The van der Waals surface area contributed by atoms with Gasteiger partial charge in [-0.25, -0.2) is 15.0 Å². The van der Waals surface area contributed by atoms with E-state index in [1.54, 1.807) is 0 Å². The number of fused-ring (bicyclic) bond motifs is 7. The Balaban J connectivity index is 1.21. The third-order valence-electron chi connectivity index (χ3n) is 9.38. The smallest absolute Gasteiger partial charge is 0.164 e. The molecule has 0 aliphatic carbocycles. The lowest BCUT2D eigenvalue weighted by molar-refractivity contribution is 1.08. The summed E-state index contributed by atoms with van der Waals surface area (Å²) < 4.78 is 2.54. The van der Waals surface area contributed by atoms with Crippen molar-refractivity contribution in [1.29, 1.82) is 0 Å². The summed E-state index contributed by atoms with van der Waals surface area (Å²) in [4.78, 5) is 19.7. The van der Waals surface area contributed by atoms with Crippen LogP contribution in [0.25, 0.3) is 97.8 Å². The van der Waals surface area contributed by atoms with Crippen LogP contribution in [0.3, 0.4) is 0 Å². The van der Waals surface area contributed by atoms with Crippen molar-refractivity contribution in [2.45, 2.75) is 0 Å². The van der Waals surface area contributed by atoms with E-state index in [2.05, 4.69) is 132 Å². The Morgan fingerprint density at radius 2 is 1.06 bits per heavy atom. The molecule has 0 bridgehead atoms. The first-order valence-corrected chi connectivity index (χ1v) is 17.1. The van der Waals surface area contributed by atoms with Gasteiger partial charge in [-0.1, -0.05) is 121 Å². The van der Waals surface area contributed by atoms with Crippen molar-refractivity contribution in [3.8, 4) is 45.3 Å². The Morgan fingerprint density at radius 1 is 0.388 bits per heavy atom. The molecule has 0 amide bonds. The molecule has 4 nitrogen and oxygen atoms in total. The fraction of sp³-hybridized carbons (Fsp3) is 0. The summed E-state index contributed by atoms with van der Waals surface area (Å²) in [5, 5.41) is 9.56. The van der Waals surface area contributed by atoms with Gasteiger partial charge in [-0.3, -0.25) is 4.98 Å². The van der Waals surface area contributed by atoms with Crippen molar-refractivity contribution >= 4 is 63.8 Å². The van der Waals surface area contributed by atoms with Crippen molar-refractivity contribution in [2.24, 2.45) is 0 Å². The molecular formula is C44H26N4S. The average molecular weight is 643 g/mol. The van der Waals surface area contributed by atoms with Gasteiger partial charge in [0.05, 0.1) is 0 Å². The first-order valence-electron chi connectivity index (χ1n) is 16.3. The summed E-state index contributed by atoms with van der Waals surface area (Å²) in [5.41, 5.74) is 5.18. The van der Waals surface area contributed by atoms with Crippen molar-refractivity contribution in [2.75, 3.05) is 0 Å². The van der Waals surface area contributed by atoms with E-state index in [0.29, 0.717) is 17.5 Å². The number of rotatable bonds is 4. The molecule has 0 aliphatic heterocycles. The molecule has 228 valence electrons. The van der Waals surface area contributed by atoms with Gasteiger partial charge in [0, 0.05) is 54.6 Å². The number of pyridine rings is 1. The van der Waals surface area contributed by atoms with Gasteiger partial charge in [0.2, 0.25) is 0 Å². The first kappa shape index (κ1) is 27.8. The second kappa shape index (κ2) is 11.2. The second-order valence-corrected chi connectivity index (χ2v) is 13.3. The predicted octanol–water partition coefficient (Wildman–Crippen LogP) is 11.8. The molecule has 0 unspecified atom stereocenters. The lowest BCUT2D eigenvalue weighted by Crippen LogP contribution is -2.00. The molecule has 0 N–H and O–H groups in total. The Hall–Kier alpha value is -6.30. The molecule has 0 spiro atoms. The topological polar surface area (TPSA) is 51.6 Å². The van der Waals surface area contributed by atoms with E-state index in [-0.39, 0.29) is 0 Å². The van der Waals surface area contributed by atoms with Crippen LogP contribution in [0.5, 0.6) is 0 Å². The van der Waals surface area contributed by atoms with Gasteiger partial charge in [-0.2, -0.15) is 0 Å². The first-order chi connectivity index (χ1) is 24.3. The number of thiophene rings is 1. The van der Waals surface area contributed by atoms with Crippen molar-refractivity contribution in [1.82, 2.24) is 19.9 Å². The van der Waals surface area contributed by atoms with E-state index in [1.165, 1.54) is 47.3 Å². The summed E-state index contributed by atoms with van der Waals surface area (Å²) in [6.07, 6.45) is 3.85. The minimum Gasteiger partial charge on any atom is -0.264 e. The summed E-state index contributed by atoms with van der Waals surface area (Å²) >= 11 is 1.83. The van der Waals surface area contributed by atoms with E-state index >= 15 is 0 Å². The van der Waals surface area contributed by atoms with Gasteiger partial charge >= 0.3 is 0 Å². The monoisotopic (exact) mass is 642 g/mol. The highest BCUT2D eigenvalue weighted by Gasteiger charge is 2.17. The highest BCUT2D eigenvalue weighted by molar-refractivity contribution is 7.26. The SMILES string of the molecule is c1ccc(-c2nc(-c3ccc4ccccc4c3)nc(-c3cc(-c4cccc5c4ccc4c6cnccc6sc54)c4ccccc4c3)n2)cc1. The highest BCUT2D eigenvalue weighted by Crippen LogP contribution is 2.43. The molecule has 7 aromatic carbocycles. The van der Waals surface area contributed by atoms with Crippen LogP contribution in [-0.2, 0) is 0 Å². The molecule has 49 heavy (non-hydrogen) atoms. The van der Waals surface area contributed by atoms with Crippen LogP contribution in [0.4, 0.5) is 0 Å². The Bertz CT molecular complexity index is 2890. The van der Waals surface area contributed by atoms with E-state index < -0.39 is 0 Å². The van der Waals surface area contributed by atoms with Gasteiger partial charge in [0.25, 0.3) is 0 Å². The number of aromatic nitrogens is 4. The summed E-state index contributed by atoms with van der Waals surface area (Å²) in [5.74, 6) is 1.94. The minimum absolute atomic E-state index is 0.642. The van der Waals surface area contributed by atoms with Crippen LogP contribution in [-0.4, -0.2) is 19.9 Å². The fourth-order valence-corrected chi connectivity index (χ4v) is 8.21. The standard InChI is InChI=1S/C44H26N4S/c1-2-10-28(11-3-1)42-46-43(31-18-17-27-9-4-5-12-29(27)23-31)48-44(47-42)32-24-30-13-6-7-14-33(30)38(25-32)34-15-8-16-36-35(34)19-20-37-39-26-45-22-21-40(39)49-41(36)37/h1-26H. The molecule has 0 saturated carbocycles. The largest absolute Gasteiger partial charge is 0.264 e. The van der Waals surface area contributed by atoms with Crippen LogP contribution in [0.15, 0.2) is 158 Å². The summed E-state index contributed by atoms with van der Waals surface area (Å²) in [7, 11) is 0. The van der Waals surface area contributed by atoms with Gasteiger partial charge in [-0.05, 0) is 62.3 Å². The lowest BCUT2D eigenvalue weighted by Gasteiger charge is -2.14. The van der Waals surface area contributed by atoms with Gasteiger partial charge in [-0.15, -0.1) is 11.3 Å². The van der Waals surface area contributed by atoms with E-state index in [0.717, 1.165) is 33.0 Å². The molecule has 0 atom stereocenters. The molecule has 0 aliphatic rings. The number of benzene rings is 7. The summed E-state index contributed by atoms with van der Waals surface area (Å²) in [6.45, 7) is 0. The van der Waals surface area contributed by atoms with E-state index in [9.17, 15) is 0 Å². The average Bonchev–Trinajstić information content (AvgIpc) is 3.56. The lowest BCUT2D eigenvalue weighted by atomic mass is 9.91. The second-order valence-electron chi connectivity index (χ2n) is 12.3. The highest BCUT2D eigenvalue weighted by atomic mass is 32.1. The Kier molecular flexibility index (Phi) is 6.32. The van der Waals surface area contributed by atoms with Crippen LogP contribution in [0, 0.1) is 0 Å². The zero-order chi connectivity index (χ0) is 32.3. The van der Waals surface area contributed by atoms with Gasteiger partial charge in [0.1, 0.15) is 0 Å². The molecule has 10 aromatic rings. The number of hydrogen-bond acceptors (Lipinski definition) is 5. The third-order valence-corrected chi connectivity index (χ3v) is 10.6. The van der Waals surface area contributed by atoms with Crippen molar-refractivity contribution < 1.29 is 0 Å². The zero-order valence-electron chi connectivity index (χ0n) is 26.2. The quantitative estimate of drug-likeness (QED) is 0.192. The van der Waals surface area contributed by atoms with Crippen LogP contribution in [0.1, 0.15) is 0 Å². The number of nitrogens with zero attached hydrogens (tertiary/aromatic N) is 4. The minimum atomic E-state index is 0.642. The van der Waals surface area contributed by atoms with Crippen LogP contribution < -0.4 is 0 Å². The molecule has 0 fully saturated rings. The molecule has 3 heterocycles. The Morgan fingerprint density at radius 3 is 1.94 bits per heavy atom. The molecule has 0 saturated heterocycles. The fourth-order valence-electron chi connectivity index (χ4n) is 7.01. The summed E-state index contributed by atoms with van der Waals surface area (Å²) in [6, 6.07) is 51.3. The van der Waals surface area contributed by atoms with Crippen molar-refractivity contribution in [3.05, 3.63) is 158 Å². The predicted molar refractivity (Wildman–Crippen MR) is 205 cm³/mol. The van der Waals surface area contributed by atoms with E-state index in [1.807, 2.05) is 41.9 Å². The van der Waals surface area contributed by atoms with Gasteiger partial charge < -0.3 is 0 Å². The maximum atomic E-state index is 5.15. The molecular weight excluding hydrogens is 617 g/mol. The number of hydrogen-bond donors (Lipinski definition) is 0. The maximum Gasteiger partial charge on any atom is 0.164 e. The molecule has 5 heteroatoms. The van der Waals surface area contributed by atoms with Crippen molar-refractivity contribution in [3.63, 3.8) is 0 Å². The molecule has 3 aromatic heterocycles. The van der Waals surface area contributed by atoms with E-state index in [4.69, 9.17) is 15.0 Å². The van der Waals surface area contributed by atoms with Crippen LogP contribution in [0.2, 0.25) is 0 Å². The molecule has 10 rings (SSSR count).